The van der Waals surface area contributed by atoms with Crippen molar-refractivity contribution in [2.75, 3.05) is 20.2 Å². The maximum Gasteiger partial charge on any atom is 0.230 e. The number of nitrogens with zero attached hydrogens (tertiary/aromatic N) is 1. The molecule has 1 heterocycles. The van der Waals surface area contributed by atoms with Crippen molar-refractivity contribution in [3.63, 3.8) is 0 Å². The summed E-state index contributed by atoms with van der Waals surface area (Å²) < 4.78 is 5.58. The number of alkyl halides is 1. The largest absolute Gasteiger partial charge is 0.493 e. The van der Waals surface area contributed by atoms with Gasteiger partial charge in [-0.3, -0.25) is 4.79 Å². The highest BCUT2D eigenvalue weighted by Gasteiger charge is 2.29. The Morgan fingerprint density at radius 1 is 1.56 bits per heavy atom. The Bertz CT molecular complexity index is 434. The predicted molar refractivity (Wildman–Crippen MR) is 75.3 cm³/mol. The van der Waals surface area contributed by atoms with Crippen molar-refractivity contribution < 1.29 is 9.53 Å². The van der Waals surface area contributed by atoms with Gasteiger partial charge < -0.3 is 9.64 Å². The molecule has 1 aliphatic heterocycles. The highest BCUT2D eigenvalue weighted by atomic mass is 79.9. The van der Waals surface area contributed by atoms with Gasteiger partial charge in [0.05, 0.1) is 12.5 Å². The summed E-state index contributed by atoms with van der Waals surface area (Å²) in [4.78, 5) is 14.6. The maximum absolute atomic E-state index is 12.4. The summed E-state index contributed by atoms with van der Waals surface area (Å²) in [6, 6.07) is 7.82. The third kappa shape index (κ3) is 2.86. The second kappa shape index (κ2) is 5.74. The van der Waals surface area contributed by atoms with E-state index in [-0.39, 0.29) is 11.8 Å². The number of hydrogen-bond acceptors (Lipinski definition) is 2. The van der Waals surface area contributed by atoms with Crippen LogP contribution >= 0.6 is 15.9 Å². The maximum atomic E-state index is 12.4. The zero-order valence-corrected chi connectivity index (χ0v) is 12.3. The van der Waals surface area contributed by atoms with Crippen molar-refractivity contribution in [1.82, 2.24) is 4.90 Å². The van der Waals surface area contributed by atoms with E-state index in [0.29, 0.717) is 11.4 Å². The molecule has 0 bridgehead atoms. The van der Waals surface area contributed by atoms with Crippen LogP contribution in [0.2, 0.25) is 0 Å². The van der Waals surface area contributed by atoms with E-state index >= 15 is 0 Å². The minimum absolute atomic E-state index is 0.0637. The van der Waals surface area contributed by atoms with Gasteiger partial charge in [-0.2, -0.15) is 0 Å². The summed E-state index contributed by atoms with van der Waals surface area (Å²) in [6.45, 7) is 3.38. The molecule has 1 aromatic rings. The van der Waals surface area contributed by atoms with Gasteiger partial charge in [0.2, 0.25) is 5.91 Å². The molecule has 0 radical (unpaired) electrons. The van der Waals surface area contributed by atoms with Crippen LogP contribution in [0.3, 0.4) is 0 Å². The van der Waals surface area contributed by atoms with E-state index in [9.17, 15) is 4.79 Å². The van der Waals surface area contributed by atoms with E-state index in [4.69, 9.17) is 4.74 Å². The third-order valence-corrected chi connectivity index (χ3v) is 3.45. The van der Waals surface area contributed by atoms with Gasteiger partial charge in [0.1, 0.15) is 5.75 Å². The first-order chi connectivity index (χ1) is 8.59. The predicted octanol–water partition coefficient (Wildman–Crippen LogP) is 2.79. The minimum atomic E-state index is -0.0637. The van der Waals surface area contributed by atoms with Crippen LogP contribution in [0.15, 0.2) is 24.3 Å². The number of hydrogen-bond donors (Lipinski definition) is 0. The van der Waals surface area contributed by atoms with E-state index in [0.717, 1.165) is 24.3 Å². The fourth-order valence-electron chi connectivity index (χ4n) is 2.33. The molecule has 0 fully saturated rings. The van der Waals surface area contributed by atoms with Crippen molar-refractivity contribution in [1.29, 1.82) is 0 Å². The summed E-state index contributed by atoms with van der Waals surface area (Å²) in [7, 11) is 1.86. The highest BCUT2D eigenvalue weighted by Crippen LogP contribution is 2.34. The molecule has 4 heteroatoms. The van der Waals surface area contributed by atoms with Gasteiger partial charge in [-0.25, -0.2) is 0 Å². The Hall–Kier alpha value is -1.03. The standard InChI is InChI=1S/C14H18BrNO2/c1-10(15)9-16(2)14(17)12-7-8-18-13-6-4-3-5-11(12)13/h3-6,10,12H,7-9H2,1-2H3. The number of halogens is 1. The van der Waals surface area contributed by atoms with Crippen molar-refractivity contribution >= 4 is 21.8 Å². The molecule has 18 heavy (non-hydrogen) atoms. The van der Waals surface area contributed by atoms with Crippen LogP contribution in [-0.2, 0) is 4.79 Å². The zero-order valence-electron chi connectivity index (χ0n) is 10.7. The molecule has 1 aromatic carbocycles. The van der Waals surface area contributed by atoms with Gasteiger partial charge in [-0.1, -0.05) is 41.1 Å². The second-order valence-electron chi connectivity index (χ2n) is 4.73. The molecule has 98 valence electrons. The van der Waals surface area contributed by atoms with Gasteiger partial charge in [-0.05, 0) is 12.5 Å². The average Bonchev–Trinajstić information content (AvgIpc) is 2.36. The number of para-hydroxylation sites is 1. The molecule has 1 amide bonds. The molecular formula is C14H18BrNO2. The normalized spacial score (nSPS) is 19.6. The summed E-state index contributed by atoms with van der Waals surface area (Å²) in [6.07, 6.45) is 0.761. The molecule has 2 atom stereocenters. The number of rotatable bonds is 3. The lowest BCUT2D eigenvalue weighted by molar-refractivity contribution is -0.132. The minimum Gasteiger partial charge on any atom is -0.493 e. The Morgan fingerprint density at radius 2 is 2.28 bits per heavy atom. The summed E-state index contributed by atoms with van der Waals surface area (Å²) in [5.41, 5.74) is 1.02. The van der Waals surface area contributed by atoms with Crippen molar-refractivity contribution in [2.45, 2.75) is 24.1 Å². The molecule has 0 saturated heterocycles. The monoisotopic (exact) mass is 311 g/mol. The molecule has 0 N–H and O–H groups in total. The molecule has 1 aliphatic rings. The number of benzene rings is 1. The van der Waals surface area contributed by atoms with Crippen LogP contribution in [0.5, 0.6) is 5.75 Å². The van der Waals surface area contributed by atoms with E-state index in [2.05, 4.69) is 15.9 Å². The quantitative estimate of drug-likeness (QED) is 0.803. The van der Waals surface area contributed by atoms with Crippen LogP contribution in [0.4, 0.5) is 0 Å². The Morgan fingerprint density at radius 3 is 3.00 bits per heavy atom. The smallest absolute Gasteiger partial charge is 0.230 e. The fourth-order valence-corrected chi connectivity index (χ4v) is 2.77. The lowest BCUT2D eigenvalue weighted by Gasteiger charge is -2.29. The van der Waals surface area contributed by atoms with Gasteiger partial charge in [0.25, 0.3) is 0 Å². The number of likely N-dealkylation sites (N-methyl/N-ethyl adjacent to an activating group) is 1. The molecule has 0 saturated carbocycles. The number of ether oxygens (including phenoxy) is 1. The third-order valence-electron chi connectivity index (χ3n) is 3.16. The molecule has 2 unspecified atom stereocenters. The fraction of sp³-hybridized carbons (Fsp3) is 0.500. The summed E-state index contributed by atoms with van der Waals surface area (Å²) in [5.74, 6) is 0.964. The lowest BCUT2D eigenvalue weighted by Crippen LogP contribution is -2.36. The van der Waals surface area contributed by atoms with Crippen molar-refractivity contribution in [3.05, 3.63) is 29.8 Å². The average molecular weight is 312 g/mol. The van der Waals surface area contributed by atoms with E-state index in [1.807, 2.05) is 38.2 Å². The molecule has 0 aliphatic carbocycles. The van der Waals surface area contributed by atoms with Crippen LogP contribution in [0, 0.1) is 0 Å². The number of amides is 1. The molecule has 2 rings (SSSR count). The Kier molecular flexibility index (Phi) is 4.27. The summed E-state index contributed by atoms with van der Waals surface area (Å²) in [5, 5.41) is 0. The Labute approximate surface area is 116 Å². The lowest BCUT2D eigenvalue weighted by atomic mass is 9.92. The number of fused-ring (bicyclic) bond motifs is 1. The van der Waals surface area contributed by atoms with Crippen LogP contribution < -0.4 is 4.74 Å². The molecular weight excluding hydrogens is 294 g/mol. The highest BCUT2D eigenvalue weighted by molar-refractivity contribution is 9.09. The molecule has 3 nitrogen and oxygen atoms in total. The van der Waals surface area contributed by atoms with E-state index in [1.165, 1.54) is 0 Å². The van der Waals surface area contributed by atoms with E-state index in [1.54, 1.807) is 4.90 Å². The van der Waals surface area contributed by atoms with E-state index < -0.39 is 0 Å². The van der Waals surface area contributed by atoms with Crippen LogP contribution in [0.1, 0.15) is 24.8 Å². The molecule has 0 aromatic heterocycles. The SMILES string of the molecule is CC(Br)CN(C)C(=O)C1CCOc2ccccc21. The first-order valence-electron chi connectivity index (χ1n) is 6.20. The zero-order chi connectivity index (χ0) is 13.1. The first kappa shape index (κ1) is 13.4. The Balaban J connectivity index is 2.17. The van der Waals surface area contributed by atoms with Crippen molar-refractivity contribution in [3.8, 4) is 5.75 Å². The first-order valence-corrected chi connectivity index (χ1v) is 7.12. The molecule has 0 spiro atoms. The van der Waals surface area contributed by atoms with Gasteiger partial charge >= 0.3 is 0 Å². The number of carbonyl (C=O) groups excluding carboxylic acids is 1. The van der Waals surface area contributed by atoms with Crippen LogP contribution in [0.25, 0.3) is 0 Å². The van der Waals surface area contributed by atoms with Crippen molar-refractivity contribution in [2.24, 2.45) is 0 Å². The topological polar surface area (TPSA) is 29.5 Å². The number of carbonyl (C=O) groups is 1. The van der Waals surface area contributed by atoms with Crippen LogP contribution in [-0.4, -0.2) is 35.8 Å². The van der Waals surface area contributed by atoms with Gasteiger partial charge in [0, 0.05) is 24.0 Å². The second-order valence-corrected chi connectivity index (χ2v) is 6.29. The van der Waals surface area contributed by atoms with Gasteiger partial charge in [-0.15, -0.1) is 0 Å². The summed E-state index contributed by atoms with van der Waals surface area (Å²) >= 11 is 3.48. The van der Waals surface area contributed by atoms with Gasteiger partial charge in [0.15, 0.2) is 0 Å².